The summed E-state index contributed by atoms with van der Waals surface area (Å²) >= 11 is 0. The van der Waals surface area contributed by atoms with Gasteiger partial charge in [-0.3, -0.25) is 4.79 Å². The van der Waals surface area contributed by atoms with Crippen LogP contribution >= 0.6 is 0 Å². The third-order valence-corrected chi connectivity index (χ3v) is 2.56. The molecule has 1 amide bonds. The highest BCUT2D eigenvalue weighted by Gasteiger charge is 2.11. The van der Waals surface area contributed by atoms with Gasteiger partial charge in [-0.05, 0) is 25.1 Å². The topological polar surface area (TPSA) is 76.1 Å². The number of ether oxygens (including phenoxy) is 2. The average Bonchev–Trinajstić information content (AvgIpc) is 2.40. The van der Waals surface area contributed by atoms with Gasteiger partial charge >= 0.3 is 5.97 Å². The number of carboxylic acids is 1. The molecule has 0 heterocycles. The van der Waals surface area contributed by atoms with Crippen LogP contribution in [0.4, 0.5) is 0 Å². The molecule has 0 saturated carbocycles. The van der Waals surface area contributed by atoms with Crippen molar-refractivity contribution in [2.45, 2.75) is 13.3 Å². The molecule has 0 atom stereocenters. The van der Waals surface area contributed by atoms with E-state index < -0.39 is 5.97 Å². The first-order chi connectivity index (χ1) is 9.45. The Morgan fingerprint density at radius 3 is 2.45 bits per heavy atom. The molecule has 0 fully saturated rings. The van der Waals surface area contributed by atoms with Gasteiger partial charge in [0.25, 0.3) is 0 Å². The van der Waals surface area contributed by atoms with Crippen molar-refractivity contribution in [2.75, 3.05) is 27.3 Å². The van der Waals surface area contributed by atoms with Gasteiger partial charge in [-0.2, -0.15) is 0 Å². The number of hydrogen-bond acceptors (Lipinski definition) is 4. The molecule has 1 N–H and O–H groups in total. The fourth-order valence-corrected chi connectivity index (χ4v) is 1.50. The van der Waals surface area contributed by atoms with Crippen molar-refractivity contribution in [2.24, 2.45) is 0 Å². The van der Waals surface area contributed by atoms with Gasteiger partial charge in [-0.25, -0.2) is 4.79 Å². The molecule has 0 saturated heterocycles. The Hall–Kier alpha value is -2.24. The molecule has 0 aromatic heterocycles. The van der Waals surface area contributed by atoms with Crippen LogP contribution in [-0.2, 0) is 4.79 Å². The summed E-state index contributed by atoms with van der Waals surface area (Å²) in [6.45, 7) is 2.41. The predicted molar refractivity (Wildman–Crippen MR) is 73.4 cm³/mol. The quantitative estimate of drug-likeness (QED) is 0.822. The number of amides is 1. The molecule has 0 aliphatic heterocycles. The molecule has 6 heteroatoms. The van der Waals surface area contributed by atoms with Crippen molar-refractivity contribution in [1.29, 1.82) is 0 Å². The summed E-state index contributed by atoms with van der Waals surface area (Å²) in [6.07, 6.45) is 0.249. The number of carbonyl (C=O) groups is 2. The normalized spacial score (nSPS) is 9.95. The van der Waals surface area contributed by atoms with Gasteiger partial charge in [-0.1, -0.05) is 0 Å². The van der Waals surface area contributed by atoms with E-state index in [1.54, 1.807) is 21.0 Å². The van der Waals surface area contributed by atoms with Crippen molar-refractivity contribution in [1.82, 2.24) is 4.90 Å². The summed E-state index contributed by atoms with van der Waals surface area (Å²) in [5, 5.41) is 8.93. The predicted octanol–water partition coefficient (Wildman–Crippen LogP) is 1.64. The zero-order valence-corrected chi connectivity index (χ0v) is 11.9. The smallest absolute Gasteiger partial charge is 0.335 e. The van der Waals surface area contributed by atoms with Gasteiger partial charge in [0.1, 0.15) is 0 Å². The largest absolute Gasteiger partial charge is 0.490 e. The summed E-state index contributed by atoms with van der Waals surface area (Å²) in [5.41, 5.74) is 0.130. The summed E-state index contributed by atoms with van der Waals surface area (Å²) in [4.78, 5) is 23.8. The fourth-order valence-electron chi connectivity index (χ4n) is 1.50. The SMILES string of the molecule is CCOc1cc(C(=O)O)ccc1OCCC(=O)N(C)C. The minimum atomic E-state index is -1.03. The molecule has 20 heavy (non-hydrogen) atoms. The monoisotopic (exact) mass is 281 g/mol. The lowest BCUT2D eigenvalue weighted by Gasteiger charge is -2.14. The van der Waals surface area contributed by atoms with Crippen LogP contribution in [-0.4, -0.2) is 49.2 Å². The Bertz CT molecular complexity index is 484. The first kappa shape index (κ1) is 15.8. The van der Waals surface area contributed by atoms with Crippen LogP contribution in [0.1, 0.15) is 23.7 Å². The molecule has 0 spiro atoms. The van der Waals surface area contributed by atoms with Gasteiger partial charge in [0.05, 0.1) is 25.2 Å². The van der Waals surface area contributed by atoms with E-state index in [1.165, 1.54) is 23.1 Å². The number of carbonyl (C=O) groups excluding carboxylic acids is 1. The Morgan fingerprint density at radius 2 is 1.90 bits per heavy atom. The first-order valence-electron chi connectivity index (χ1n) is 6.28. The lowest BCUT2D eigenvalue weighted by Crippen LogP contribution is -2.23. The lowest BCUT2D eigenvalue weighted by molar-refractivity contribution is -0.129. The van der Waals surface area contributed by atoms with Crippen molar-refractivity contribution in [3.8, 4) is 11.5 Å². The second-order valence-electron chi connectivity index (χ2n) is 4.29. The third-order valence-electron chi connectivity index (χ3n) is 2.56. The molecule has 1 aromatic rings. The molecule has 0 unspecified atom stereocenters. The molecule has 0 radical (unpaired) electrons. The summed E-state index contributed by atoms with van der Waals surface area (Å²) in [6, 6.07) is 4.39. The minimum absolute atomic E-state index is 0.0369. The van der Waals surface area contributed by atoms with Crippen molar-refractivity contribution < 1.29 is 24.2 Å². The van der Waals surface area contributed by atoms with Crippen LogP contribution in [0, 0.1) is 0 Å². The number of nitrogens with zero attached hydrogens (tertiary/aromatic N) is 1. The number of hydrogen-bond donors (Lipinski definition) is 1. The molecule has 6 nitrogen and oxygen atoms in total. The molecular formula is C14H19NO5. The van der Waals surface area contributed by atoms with Gasteiger partial charge < -0.3 is 19.5 Å². The number of benzene rings is 1. The highest BCUT2D eigenvalue weighted by Crippen LogP contribution is 2.28. The standard InChI is InChI=1S/C14H19NO5/c1-4-19-12-9-10(14(17)18)5-6-11(12)20-8-7-13(16)15(2)3/h5-6,9H,4,7-8H2,1-3H3,(H,17,18). The Morgan fingerprint density at radius 1 is 1.20 bits per heavy atom. The summed E-state index contributed by atoms with van der Waals surface area (Å²) in [5.74, 6) is -0.265. The second kappa shape index (κ2) is 7.37. The number of aromatic carboxylic acids is 1. The van der Waals surface area contributed by atoms with Crippen LogP contribution in [0.3, 0.4) is 0 Å². The second-order valence-corrected chi connectivity index (χ2v) is 4.29. The van der Waals surface area contributed by atoms with Crippen LogP contribution < -0.4 is 9.47 Å². The van der Waals surface area contributed by atoms with Gasteiger partial charge in [0.2, 0.25) is 5.91 Å². The fraction of sp³-hybridized carbons (Fsp3) is 0.429. The average molecular weight is 281 g/mol. The maximum atomic E-state index is 11.4. The number of carboxylic acid groups (broad SMARTS) is 1. The molecule has 110 valence electrons. The van der Waals surface area contributed by atoms with Crippen LogP contribution in [0.2, 0.25) is 0 Å². The van der Waals surface area contributed by atoms with Gasteiger partial charge in [0, 0.05) is 14.1 Å². The van der Waals surface area contributed by atoms with Crippen molar-refractivity contribution >= 4 is 11.9 Å². The van der Waals surface area contributed by atoms with Crippen LogP contribution in [0.5, 0.6) is 11.5 Å². The van der Waals surface area contributed by atoms with E-state index in [2.05, 4.69) is 0 Å². The van der Waals surface area contributed by atoms with Gasteiger partial charge in [0.15, 0.2) is 11.5 Å². The van der Waals surface area contributed by atoms with Crippen molar-refractivity contribution in [3.63, 3.8) is 0 Å². The summed E-state index contributed by atoms with van der Waals surface area (Å²) < 4.78 is 10.8. The minimum Gasteiger partial charge on any atom is -0.490 e. The van der Waals surface area contributed by atoms with Crippen LogP contribution in [0.15, 0.2) is 18.2 Å². The van der Waals surface area contributed by atoms with E-state index in [0.29, 0.717) is 18.1 Å². The Balaban J connectivity index is 2.73. The van der Waals surface area contributed by atoms with E-state index >= 15 is 0 Å². The van der Waals surface area contributed by atoms with E-state index in [4.69, 9.17) is 14.6 Å². The summed E-state index contributed by atoms with van der Waals surface area (Å²) in [7, 11) is 3.35. The molecule has 0 bridgehead atoms. The van der Waals surface area contributed by atoms with E-state index in [9.17, 15) is 9.59 Å². The zero-order valence-electron chi connectivity index (χ0n) is 11.9. The van der Waals surface area contributed by atoms with E-state index in [-0.39, 0.29) is 24.5 Å². The van der Waals surface area contributed by atoms with Gasteiger partial charge in [-0.15, -0.1) is 0 Å². The number of rotatable bonds is 7. The molecule has 1 aromatic carbocycles. The molecule has 0 aliphatic rings. The van der Waals surface area contributed by atoms with Crippen LogP contribution in [0.25, 0.3) is 0 Å². The van der Waals surface area contributed by atoms with Crippen molar-refractivity contribution in [3.05, 3.63) is 23.8 Å². The lowest BCUT2D eigenvalue weighted by atomic mass is 10.2. The van der Waals surface area contributed by atoms with E-state index in [1.807, 2.05) is 0 Å². The maximum Gasteiger partial charge on any atom is 0.335 e. The highest BCUT2D eigenvalue weighted by atomic mass is 16.5. The first-order valence-corrected chi connectivity index (χ1v) is 6.28. The molecule has 0 aliphatic carbocycles. The van der Waals surface area contributed by atoms with E-state index in [0.717, 1.165) is 0 Å². The Labute approximate surface area is 117 Å². The maximum absolute atomic E-state index is 11.4. The molecular weight excluding hydrogens is 262 g/mol. The Kier molecular flexibility index (Phi) is 5.83. The highest BCUT2D eigenvalue weighted by molar-refractivity contribution is 5.88. The third kappa shape index (κ3) is 4.46. The zero-order chi connectivity index (χ0) is 15.1. The molecule has 1 rings (SSSR count).